The molecule has 1 saturated heterocycles. The zero-order valence-electron chi connectivity index (χ0n) is 14.3. The van der Waals surface area contributed by atoms with Gasteiger partial charge < -0.3 is 15.0 Å². The van der Waals surface area contributed by atoms with Crippen LogP contribution in [0, 0.1) is 6.92 Å². The number of amides is 2. The fourth-order valence-electron chi connectivity index (χ4n) is 3.11. The predicted molar refractivity (Wildman–Crippen MR) is 88.6 cm³/mol. The highest BCUT2D eigenvalue weighted by molar-refractivity contribution is 5.90. The molecule has 0 spiro atoms. The van der Waals surface area contributed by atoms with E-state index >= 15 is 0 Å². The first-order chi connectivity index (χ1) is 11.0. The van der Waals surface area contributed by atoms with Gasteiger partial charge in [0.25, 0.3) is 0 Å². The molecular weight excluding hydrogens is 292 g/mol. The predicted octanol–water partition coefficient (Wildman–Crippen LogP) is 3.09. The van der Waals surface area contributed by atoms with E-state index in [0.717, 1.165) is 55.9 Å². The fraction of sp³-hybridized carbons (Fsp3) is 0.706. The number of hydrogen-bond acceptors (Lipinski definition) is 4. The number of carbonyl (C=O) groups excluding carboxylic acids is 1. The number of rotatable bonds is 3. The number of nitrogens with one attached hydrogen (secondary N) is 1. The largest absolute Gasteiger partial charge is 0.378 e. The molecule has 6 heteroatoms. The number of anilines is 1. The summed E-state index contributed by atoms with van der Waals surface area (Å²) in [5.41, 5.74) is 1.63. The first kappa shape index (κ1) is 16.2. The lowest BCUT2D eigenvalue weighted by Gasteiger charge is -2.26. The van der Waals surface area contributed by atoms with Crippen molar-refractivity contribution in [2.75, 3.05) is 25.5 Å². The van der Waals surface area contributed by atoms with E-state index in [2.05, 4.69) is 22.2 Å². The molecule has 1 aromatic rings. The minimum atomic E-state index is -0.124. The van der Waals surface area contributed by atoms with Crippen LogP contribution < -0.4 is 5.32 Å². The number of methoxy groups -OCH3 is 1. The highest BCUT2D eigenvalue weighted by Crippen LogP contribution is 2.42. The summed E-state index contributed by atoms with van der Waals surface area (Å²) >= 11 is 0. The van der Waals surface area contributed by atoms with Gasteiger partial charge in [-0.25, -0.2) is 14.8 Å². The Bertz CT molecular complexity index is 588. The van der Waals surface area contributed by atoms with Crippen LogP contribution in [0.25, 0.3) is 0 Å². The molecule has 126 valence electrons. The lowest BCUT2D eigenvalue weighted by molar-refractivity contribution is -0.00491. The average molecular weight is 318 g/mol. The molecule has 1 aliphatic heterocycles. The Morgan fingerprint density at radius 3 is 2.87 bits per heavy atom. The molecule has 2 fully saturated rings. The molecule has 1 saturated carbocycles. The monoisotopic (exact) mass is 318 g/mol. The summed E-state index contributed by atoms with van der Waals surface area (Å²) in [4.78, 5) is 23.3. The molecule has 0 aromatic carbocycles. The molecule has 0 unspecified atom stereocenters. The van der Waals surface area contributed by atoms with Gasteiger partial charge in [-0.15, -0.1) is 0 Å². The minimum Gasteiger partial charge on any atom is -0.378 e. The van der Waals surface area contributed by atoms with E-state index in [-0.39, 0.29) is 11.6 Å². The van der Waals surface area contributed by atoms with Gasteiger partial charge in [-0.05, 0) is 46.0 Å². The van der Waals surface area contributed by atoms with Crippen molar-refractivity contribution in [2.45, 2.75) is 57.5 Å². The number of likely N-dealkylation sites (tertiary alicyclic amines) is 1. The van der Waals surface area contributed by atoms with Crippen LogP contribution in [-0.2, 0) is 4.74 Å². The quantitative estimate of drug-likeness (QED) is 0.930. The Labute approximate surface area is 137 Å². The molecule has 1 N–H and O–H groups in total. The molecule has 0 radical (unpaired) electrons. The molecular formula is C17H26N4O2. The number of urea groups is 1. The first-order valence-corrected chi connectivity index (χ1v) is 8.45. The van der Waals surface area contributed by atoms with Crippen LogP contribution in [-0.4, -0.2) is 46.7 Å². The maximum absolute atomic E-state index is 12.6. The second kappa shape index (κ2) is 6.43. The second-order valence-electron chi connectivity index (χ2n) is 6.92. The van der Waals surface area contributed by atoms with Gasteiger partial charge in [0.2, 0.25) is 0 Å². The Morgan fingerprint density at radius 2 is 2.17 bits per heavy atom. The first-order valence-electron chi connectivity index (χ1n) is 8.45. The summed E-state index contributed by atoms with van der Waals surface area (Å²) in [5, 5.41) is 3.02. The Morgan fingerprint density at radius 1 is 1.39 bits per heavy atom. The summed E-state index contributed by atoms with van der Waals surface area (Å²) in [7, 11) is 1.75. The molecule has 1 aliphatic carbocycles. The van der Waals surface area contributed by atoms with Crippen molar-refractivity contribution >= 4 is 11.7 Å². The molecule has 23 heavy (non-hydrogen) atoms. The molecule has 6 nitrogen and oxygen atoms in total. The van der Waals surface area contributed by atoms with Crippen LogP contribution in [0.15, 0.2) is 6.20 Å². The van der Waals surface area contributed by atoms with E-state index in [4.69, 9.17) is 4.74 Å². The lowest BCUT2D eigenvalue weighted by atomic mass is 9.97. The van der Waals surface area contributed by atoms with E-state index < -0.39 is 0 Å². The van der Waals surface area contributed by atoms with Gasteiger partial charge in [-0.3, -0.25) is 0 Å². The summed E-state index contributed by atoms with van der Waals surface area (Å²) in [5.74, 6) is 1.24. The maximum Gasteiger partial charge on any atom is 0.321 e. The van der Waals surface area contributed by atoms with Crippen molar-refractivity contribution in [3.05, 3.63) is 17.7 Å². The molecule has 2 heterocycles. The zero-order chi connectivity index (χ0) is 16.4. The van der Waals surface area contributed by atoms with E-state index in [1.807, 2.05) is 11.8 Å². The topological polar surface area (TPSA) is 67.3 Å². The van der Waals surface area contributed by atoms with Crippen molar-refractivity contribution in [2.24, 2.45) is 0 Å². The highest BCUT2D eigenvalue weighted by atomic mass is 16.5. The normalized spacial score (nSPS) is 25.1. The number of aromatic nitrogens is 2. The van der Waals surface area contributed by atoms with E-state index in [0.29, 0.717) is 12.5 Å². The second-order valence-corrected chi connectivity index (χ2v) is 6.92. The van der Waals surface area contributed by atoms with Crippen LogP contribution in [0.1, 0.15) is 56.5 Å². The zero-order valence-corrected chi connectivity index (χ0v) is 14.3. The van der Waals surface area contributed by atoms with E-state index in [9.17, 15) is 4.79 Å². The summed E-state index contributed by atoms with van der Waals surface area (Å²) < 4.78 is 5.60. The van der Waals surface area contributed by atoms with Crippen LogP contribution >= 0.6 is 0 Å². The lowest BCUT2D eigenvalue weighted by Crippen LogP contribution is -2.37. The van der Waals surface area contributed by atoms with Crippen LogP contribution in [0.4, 0.5) is 10.5 Å². The van der Waals surface area contributed by atoms with E-state index in [1.54, 1.807) is 13.3 Å². The molecule has 1 atom stereocenters. The van der Waals surface area contributed by atoms with Crippen LogP contribution in [0.5, 0.6) is 0 Å². The number of carbonyl (C=O) groups is 1. The smallest absolute Gasteiger partial charge is 0.321 e. The van der Waals surface area contributed by atoms with E-state index in [1.165, 1.54) is 0 Å². The number of nitrogens with zero attached hydrogens (tertiary/aromatic N) is 3. The molecule has 3 rings (SSSR count). The van der Waals surface area contributed by atoms with Crippen LogP contribution in [0.3, 0.4) is 0 Å². The summed E-state index contributed by atoms with van der Waals surface area (Å²) in [6, 6.07) is -0.0558. The number of ether oxygens (including phenoxy) is 1. The standard InChI is InChI=1S/C17H26N4O2/c1-12-18-11-14(15(19-12)13-5-6-13)20-16(22)21-9-4-7-17(2,23-3)8-10-21/h11,13H,4-10H2,1-3H3,(H,20,22)/t17-/m1/s1. The highest BCUT2D eigenvalue weighted by Gasteiger charge is 2.31. The minimum absolute atomic E-state index is 0.0558. The van der Waals surface area contributed by atoms with Gasteiger partial charge in [0, 0.05) is 26.1 Å². The van der Waals surface area contributed by atoms with Crippen LogP contribution in [0.2, 0.25) is 0 Å². The van der Waals surface area contributed by atoms with Crippen molar-refractivity contribution in [3.8, 4) is 0 Å². The Hall–Kier alpha value is -1.69. The molecule has 2 amide bonds. The number of hydrogen-bond donors (Lipinski definition) is 1. The average Bonchev–Trinajstić information content (AvgIpc) is 3.37. The van der Waals surface area contributed by atoms with Gasteiger partial charge in [-0.2, -0.15) is 0 Å². The van der Waals surface area contributed by atoms with Crippen molar-refractivity contribution < 1.29 is 9.53 Å². The Balaban J connectivity index is 1.67. The van der Waals surface area contributed by atoms with Gasteiger partial charge in [-0.1, -0.05) is 0 Å². The fourth-order valence-corrected chi connectivity index (χ4v) is 3.11. The molecule has 0 bridgehead atoms. The van der Waals surface area contributed by atoms with Gasteiger partial charge in [0.05, 0.1) is 23.2 Å². The molecule has 1 aromatic heterocycles. The third-order valence-electron chi connectivity index (χ3n) is 4.97. The SMILES string of the molecule is CO[C@]1(C)CCCN(C(=O)Nc2cnc(C)nc2C2CC2)CC1. The van der Waals surface area contributed by atoms with Crippen molar-refractivity contribution in [1.29, 1.82) is 0 Å². The van der Waals surface area contributed by atoms with Gasteiger partial charge >= 0.3 is 6.03 Å². The van der Waals surface area contributed by atoms with Crippen molar-refractivity contribution in [3.63, 3.8) is 0 Å². The van der Waals surface area contributed by atoms with Gasteiger partial charge in [0.1, 0.15) is 5.82 Å². The number of aryl methyl sites for hydroxylation is 1. The Kier molecular flexibility index (Phi) is 4.53. The third-order valence-corrected chi connectivity index (χ3v) is 4.97. The summed E-state index contributed by atoms with van der Waals surface area (Å²) in [6.07, 6.45) is 6.83. The third kappa shape index (κ3) is 3.80. The maximum atomic E-state index is 12.6. The van der Waals surface area contributed by atoms with Crippen molar-refractivity contribution in [1.82, 2.24) is 14.9 Å². The summed E-state index contributed by atoms with van der Waals surface area (Å²) in [6.45, 7) is 5.48. The molecule has 2 aliphatic rings. The van der Waals surface area contributed by atoms with Gasteiger partial charge in [0.15, 0.2) is 0 Å².